The Bertz CT molecular complexity index is 903. The average molecular weight is 394 g/mol. The summed E-state index contributed by atoms with van der Waals surface area (Å²) in [4.78, 5) is 36.5. The molecule has 0 radical (unpaired) electrons. The summed E-state index contributed by atoms with van der Waals surface area (Å²) >= 11 is 11.9. The van der Waals surface area contributed by atoms with E-state index in [4.69, 9.17) is 23.2 Å². The standard InChI is InChI=1S/C17H13Cl2N3O4/c18-11-4-5-14(19)15(7-11)20-17(24)10-6-16(23)21(9-10)12-2-1-3-13(8-12)22(25)26/h1-5,7-8,10H,6,9H2,(H,20,24)/t10-/m1/s1. The molecule has 9 heteroatoms. The van der Waals surface area contributed by atoms with Crippen LogP contribution in [-0.4, -0.2) is 23.3 Å². The first-order valence-electron chi connectivity index (χ1n) is 7.66. The van der Waals surface area contributed by atoms with Crippen LogP contribution in [0.2, 0.25) is 10.0 Å². The van der Waals surface area contributed by atoms with Gasteiger partial charge in [0.1, 0.15) is 0 Å². The van der Waals surface area contributed by atoms with Crippen LogP contribution in [0.25, 0.3) is 0 Å². The van der Waals surface area contributed by atoms with Crippen molar-refractivity contribution >= 4 is 52.1 Å². The Hall–Kier alpha value is -2.64. The smallest absolute Gasteiger partial charge is 0.271 e. The molecular weight excluding hydrogens is 381 g/mol. The summed E-state index contributed by atoms with van der Waals surface area (Å²) in [6, 6.07) is 10.4. The zero-order valence-electron chi connectivity index (χ0n) is 13.3. The average Bonchev–Trinajstić information content (AvgIpc) is 3.00. The third-order valence-electron chi connectivity index (χ3n) is 4.03. The van der Waals surface area contributed by atoms with Crippen molar-refractivity contribution < 1.29 is 14.5 Å². The highest BCUT2D eigenvalue weighted by atomic mass is 35.5. The SMILES string of the molecule is O=C(Nc1cc(Cl)ccc1Cl)[C@@H]1CC(=O)N(c2cccc([N+](=O)[O-])c2)C1. The number of hydrogen-bond donors (Lipinski definition) is 1. The van der Waals surface area contributed by atoms with Crippen molar-refractivity contribution in [3.63, 3.8) is 0 Å². The van der Waals surface area contributed by atoms with E-state index in [-0.39, 0.29) is 30.5 Å². The topological polar surface area (TPSA) is 92.6 Å². The zero-order chi connectivity index (χ0) is 18.8. The maximum absolute atomic E-state index is 12.5. The van der Waals surface area contributed by atoms with E-state index >= 15 is 0 Å². The Labute approximate surface area is 158 Å². The van der Waals surface area contributed by atoms with E-state index in [1.165, 1.54) is 29.2 Å². The van der Waals surface area contributed by atoms with Crippen molar-refractivity contribution in [2.45, 2.75) is 6.42 Å². The monoisotopic (exact) mass is 393 g/mol. The lowest BCUT2D eigenvalue weighted by Gasteiger charge is -2.16. The van der Waals surface area contributed by atoms with Crippen molar-refractivity contribution in [1.82, 2.24) is 0 Å². The Kier molecular flexibility index (Phi) is 5.11. The third-order valence-corrected chi connectivity index (χ3v) is 4.60. The van der Waals surface area contributed by atoms with Crippen LogP contribution in [0, 0.1) is 16.0 Å². The van der Waals surface area contributed by atoms with Crippen molar-refractivity contribution in [2.75, 3.05) is 16.8 Å². The molecule has 0 saturated carbocycles. The molecule has 1 aliphatic rings. The van der Waals surface area contributed by atoms with Gasteiger partial charge in [0.25, 0.3) is 5.69 Å². The van der Waals surface area contributed by atoms with Gasteiger partial charge in [-0.25, -0.2) is 0 Å². The van der Waals surface area contributed by atoms with Crippen LogP contribution in [-0.2, 0) is 9.59 Å². The summed E-state index contributed by atoms with van der Waals surface area (Å²) in [7, 11) is 0. The lowest BCUT2D eigenvalue weighted by molar-refractivity contribution is -0.384. The fourth-order valence-corrected chi connectivity index (χ4v) is 3.07. The van der Waals surface area contributed by atoms with Crippen LogP contribution in [0.5, 0.6) is 0 Å². The Morgan fingerprint density at radius 1 is 1.23 bits per heavy atom. The summed E-state index contributed by atoms with van der Waals surface area (Å²) in [5.41, 5.74) is 0.639. The number of benzene rings is 2. The van der Waals surface area contributed by atoms with Gasteiger partial charge in [-0.3, -0.25) is 19.7 Å². The number of halogens is 2. The molecule has 0 aromatic heterocycles. The van der Waals surface area contributed by atoms with Crippen LogP contribution in [0.4, 0.5) is 17.1 Å². The first-order chi connectivity index (χ1) is 12.3. The number of hydrogen-bond acceptors (Lipinski definition) is 4. The Morgan fingerprint density at radius 3 is 2.73 bits per heavy atom. The van der Waals surface area contributed by atoms with Gasteiger partial charge in [0.05, 0.1) is 27.2 Å². The molecule has 7 nitrogen and oxygen atoms in total. The van der Waals surface area contributed by atoms with Crippen LogP contribution in [0.15, 0.2) is 42.5 Å². The van der Waals surface area contributed by atoms with E-state index in [1.807, 2.05) is 0 Å². The van der Waals surface area contributed by atoms with E-state index in [0.29, 0.717) is 21.4 Å². The van der Waals surface area contributed by atoms with Crippen LogP contribution < -0.4 is 10.2 Å². The largest absolute Gasteiger partial charge is 0.324 e. The van der Waals surface area contributed by atoms with Gasteiger partial charge < -0.3 is 10.2 Å². The molecule has 0 bridgehead atoms. The van der Waals surface area contributed by atoms with Gasteiger partial charge in [0.15, 0.2) is 0 Å². The quantitative estimate of drug-likeness (QED) is 0.629. The zero-order valence-corrected chi connectivity index (χ0v) is 14.8. The summed E-state index contributed by atoms with van der Waals surface area (Å²) in [6.45, 7) is 0.129. The molecule has 1 aliphatic heterocycles. The van der Waals surface area contributed by atoms with Gasteiger partial charge in [-0.1, -0.05) is 29.3 Å². The number of nitro groups is 1. The molecule has 1 N–H and O–H groups in total. The maximum atomic E-state index is 12.5. The van der Waals surface area contributed by atoms with Crippen molar-refractivity contribution in [3.05, 3.63) is 62.6 Å². The van der Waals surface area contributed by atoms with E-state index in [2.05, 4.69) is 5.32 Å². The van der Waals surface area contributed by atoms with Gasteiger partial charge in [0.2, 0.25) is 11.8 Å². The number of nitrogens with one attached hydrogen (secondary N) is 1. The Balaban J connectivity index is 1.75. The van der Waals surface area contributed by atoms with Crippen LogP contribution in [0.1, 0.15) is 6.42 Å². The second kappa shape index (κ2) is 7.31. The normalized spacial score (nSPS) is 16.6. The number of nitro benzene ring substituents is 1. The molecule has 2 aromatic rings. The van der Waals surface area contributed by atoms with Crippen LogP contribution >= 0.6 is 23.2 Å². The van der Waals surface area contributed by atoms with Crippen molar-refractivity contribution in [1.29, 1.82) is 0 Å². The molecule has 3 rings (SSSR count). The molecule has 26 heavy (non-hydrogen) atoms. The van der Waals surface area contributed by atoms with Gasteiger partial charge in [-0.15, -0.1) is 0 Å². The number of amides is 2. The minimum Gasteiger partial charge on any atom is -0.324 e. The first kappa shape index (κ1) is 18.2. The Morgan fingerprint density at radius 2 is 2.00 bits per heavy atom. The molecule has 1 saturated heterocycles. The van der Waals surface area contributed by atoms with Gasteiger partial charge in [-0.2, -0.15) is 0 Å². The lowest BCUT2D eigenvalue weighted by atomic mass is 10.1. The molecule has 134 valence electrons. The summed E-state index contributed by atoms with van der Waals surface area (Å²) in [5.74, 6) is -1.24. The van der Waals surface area contributed by atoms with Crippen molar-refractivity contribution in [2.24, 2.45) is 5.92 Å². The lowest BCUT2D eigenvalue weighted by Crippen LogP contribution is -2.28. The molecule has 0 spiro atoms. The molecule has 1 atom stereocenters. The van der Waals surface area contributed by atoms with E-state index in [9.17, 15) is 19.7 Å². The minimum absolute atomic E-state index is 0.00666. The molecule has 2 amide bonds. The molecule has 2 aromatic carbocycles. The summed E-state index contributed by atoms with van der Waals surface area (Å²) < 4.78 is 0. The third kappa shape index (κ3) is 3.79. The number of anilines is 2. The number of carbonyl (C=O) groups excluding carboxylic acids is 2. The number of carbonyl (C=O) groups is 2. The molecule has 1 fully saturated rings. The highest BCUT2D eigenvalue weighted by molar-refractivity contribution is 6.35. The number of nitrogens with zero attached hydrogens (tertiary/aromatic N) is 2. The first-order valence-corrected chi connectivity index (χ1v) is 8.41. The van der Waals surface area contributed by atoms with E-state index < -0.39 is 10.8 Å². The number of non-ortho nitro benzene ring substituents is 1. The van der Waals surface area contributed by atoms with Crippen molar-refractivity contribution in [3.8, 4) is 0 Å². The highest BCUT2D eigenvalue weighted by Crippen LogP contribution is 2.30. The fourth-order valence-electron chi connectivity index (χ4n) is 2.74. The number of rotatable bonds is 4. The van der Waals surface area contributed by atoms with E-state index in [1.54, 1.807) is 18.2 Å². The summed E-state index contributed by atoms with van der Waals surface area (Å²) in [6.07, 6.45) is 0.00666. The molecule has 0 aliphatic carbocycles. The minimum atomic E-state index is -0.600. The fraction of sp³-hybridized carbons (Fsp3) is 0.176. The van der Waals surface area contributed by atoms with E-state index in [0.717, 1.165) is 0 Å². The predicted octanol–water partition coefficient (Wildman–Crippen LogP) is 3.89. The highest BCUT2D eigenvalue weighted by Gasteiger charge is 2.35. The van der Waals surface area contributed by atoms with Gasteiger partial charge in [-0.05, 0) is 24.3 Å². The van der Waals surface area contributed by atoms with Gasteiger partial charge in [0, 0.05) is 30.1 Å². The summed E-state index contributed by atoms with van der Waals surface area (Å²) in [5, 5.41) is 14.3. The maximum Gasteiger partial charge on any atom is 0.271 e. The second-order valence-corrected chi connectivity index (χ2v) is 6.64. The van der Waals surface area contributed by atoms with Crippen LogP contribution in [0.3, 0.4) is 0 Å². The second-order valence-electron chi connectivity index (χ2n) is 5.80. The molecule has 0 unspecified atom stereocenters. The molecular formula is C17H13Cl2N3O4. The molecule has 1 heterocycles. The predicted molar refractivity (Wildman–Crippen MR) is 98.6 cm³/mol. The van der Waals surface area contributed by atoms with Gasteiger partial charge >= 0.3 is 0 Å².